The van der Waals surface area contributed by atoms with Crippen LogP contribution in [0.4, 0.5) is 17.3 Å². The molecule has 0 saturated carbocycles. The monoisotopic (exact) mass is 396 g/mol. The van der Waals surface area contributed by atoms with Gasteiger partial charge in [-0.2, -0.15) is 0 Å². The first-order valence-electron chi connectivity index (χ1n) is 10.4. The SMILES string of the molecule is C[C@H]1CN(C)c2ccccc2CN1c1cc(N2C[C@H](O)C[C@@H]2CN(C)C)ncn1. The number of fused-ring (bicyclic) bond motifs is 1. The highest BCUT2D eigenvalue weighted by Gasteiger charge is 2.33. The Morgan fingerprint density at radius 3 is 2.59 bits per heavy atom. The van der Waals surface area contributed by atoms with E-state index in [1.807, 2.05) is 0 Å². The highest BCUT2D eigenvalue weighted by atomic mass is 16.3. The minimum absolute atomic E-state index is 0.260. The standard InChI is InChI=1S/C22H32N6O/c1-16-11-26(4)20-8-6-5-7-17(20)12-27(16)21-10-22(24-15-23-21)28-14-19(29)9-18(28)13-25(2)3/h5-8,10,15-16,18-19,29H,9,11-14H2,1-4H3/t16-,18+,19+/m0/s1. The summed E-state index contributed by atoms with van der Waals surface area (Å²) in [7, 11) is 6.30. The zero-order valence-electron chi connectivity index (χ0n) is 17.9. The Labute approximate surface area is 173 Å². The Balaban J connectivity index is 1.63. The molecule has 1 N–H and O–H groups in total. The molecule has 0 radical (unpaired) electrons. The van der Waals surface area contributed by atoms with E-state index >= 15 is 0 Å². The van der Waals surface area contributed by atoms with Gasteiger partial charge in [-0.05, 0) is 39.1 Å². The fourth-order valence-corrected chi connectivity index (χ4v) is 4.67. The van der Waals surface area contributed by atoms with E-state index in [1.54, 1.807) is 6.33 Å². The van der Waals surface area contributed by atoms with Crippen LogP contribution in [0.5, 0.6) is 0 Å². The molecular formula is C22H32N6O. The first kappa shape index (κ1) is 19.9. The summed E-state index contributed by atoms with van der Waals surface area (Å²) in [4.78, 5) is 18.3. The van der Waals surface area contributed by atoms with Gasteiger partial charge < -0.3 is 24.7 Å². The molecule has 3 heterocycles. The van der Waals surface area contributed by atoms with Crippen LogP contribution in [0.15, 0.2) is 36.7 Å². The maximum atomic E-state index is 10.3. The maximum Gasteiger partial charge on any atom is 0.134 e. The number of hydrogen-bond donors (Lipinski definition) is 1. The average molecular weight is 397 g/mol. The van der Waals surface area contributed by atoms with E-state index in [2.05, 4.69) is 88.0 Å². The summed E-state index contributed by atoms with van der Waals surface area (Å²) in [6.45, 7) is 5.52. The van der Waals surface area contributed by atoms with E-state index in [9.17, 15) is 5.11 Å². The highest BCUT2D eigenvalue weighted by molar-refractivity contribution is 5.59. The predicted octanol–water partition coefficient (Wildman–Crippen LogP) is 1.82. The zero-order valence-corrected chi connectivity index (χ0v) is 17.9. The largest absolute Gasteiger partial charge is 0.391 e. The van der Waals surface area contributed by atoms with Crippen LogP contribution in [-0.4, -0.2) is 78.9 Å². The summed E-state index contributed by atoms with van der Waals surface area (Å²) in [5.41, 5.74) is 2.59. The smallest absolute Gasteiger partial charge is 0.134 e. The third-order valence-electron chi connectivity index (χ3n) is 6.01. The molecule has 1 fully saturated rings. The molecule has 0 amide bonds. The number of para-hydroxylation sites is 1. The third kappa shape index (κ3) is 4.16. The molecule has 2 aliphatic heterocycles. The van der Waals surface area contributed by atoms with Gasteiger partial charge in [0.15, 0.2) is 0 Å². The first-order chi connectivity index (χ1) is 13.9. The van der Waals surface area contributed by atoms with Gasteiger partial charge in [0.2, 0.25) is 0 Å². The lowest BCUT2D eigenvalue weighted by Crippen LogP contribution is -2.40. The second-order valence-corrected chi connectivity index (χ2v) is 8.68. The molecule has 0 aliphatic carbocycles. The summed E-state index contributed by atoms with van der Waals surface area (Å²) in [5, 5.41) is 10.3. The lowest BCUT2D eigenvalue weighted by Gasteiger charge is -2.31. The fourth-order valence-electron chi connectivity index (χ4n) is 4.67. The number of aromatic nitrogens is 2. The van der Waals surface area contributed by atoms with Gasteiger partial charge >= 0.3 is 0 Å². The topological polar surface area (TPSA) is 59.0 Å². The van der Waals surface area contributed by atoms with Crippen LogP contribution in [0.3, 0.4) is 0 Å². The van der Waals surface area contributed by atoms with Gasteiger partial charge in [0, 0.05) is 57.1 Å². The summed E-state index contributed by atoms with van der Waals surface area (Å²) >= 11 is 0. The van der Waals surface area contributed by atoms with E-state index in [4.69, 9.17) is 0 Å². The van der Waals surface area contributed by atoms with Crippen LogP contribution in [-0.2, 0) is 6.54 Å². The predicted molar refractivity (Wildman–Crippen MR) is 118 cm³/mol. The van der Waals surface area contributed by atoms with Crippen molar-refractivity contribution < 1.29 is 5.11 Å². The lowest BCUT2D eigenvalue weighted by atomic mass is 10.1. The van der Waals surface area contributed by atoms with E-state index < -0.39 is 0 Å². The fraction of sp³-hybridized carbons (Fsp3) is 0.545. The zero-order chi connectivity index (χ0) is 20.5. The Morgan fingerprint density at radius 2 is 1.83 bits per heavy atom. The van der Waals surface area contributed by atoms with Crippen molar-refractivity contribution >= 4 is 17.3 Å². The number of rotatable bonds is 4. The van der Waals surface area contributed by atoms with Gasteiger partial charge in [-0.15, -0.1) is 0 Å². The number of aliphatic hydroxyl groups excluding tert-OH is 1. The molecular weight excluding hydrogens is 364 g/mol. The van der Waals surface area contributed by atoms with Crippen molar-refractivity contribution in [1.29, 1.82) is 0 Å². The molecule has 7 heteroatoms. The number of anilines is 3. The van der Waals surface area contributed by atoms with Gasteiger partial charge in [0.05, 0.1) is 6.10 Å². The summed E-state index contributed by atoms with van der Waals surface area (Å²) in [5.74, 6) is 1.84. The van der Waals surface area contributed by atoms with Crippen molar-refractivity contribution in [3.8, 4) is 0 Å². The molecule has 3 atom stereocenters. The van der Waals surface area contributed by atoms with Crippen LogP contribution in [0.2, 0.25) is 0 Å². The van der Waals surface area contributed by atoms with Crippen molar-refractivity contribution in [3.63, 3.8) is 0 Å². The second kappa shape index (κ2) is 8.16. The van der Waals surface area contributed by atoms with Crippen molar-refractivity contribution in [3.05, 3.63) is 42.2 Å². The number of benzene rings is 1. The number of likely N-dealkylation sites (N-methyl/N-ethyl adjacent to an activating group) is 2. The first-order valence-corrected chi connectivity index (χ1v) is 10.4. The molecule has 7 nitrogen and oxygen atoms in total. The molecule has 1 saturated heterocycles. The molecule has 2 aliphatic rings. The Morgan fingerprint density at radius 1 is 1.10 bits per heavy atom. The average Bonchev–Trinajstić information content (AvgIpc) is 2.99. The normalized spacial score (nSPS) is 24.8. The summed E-state index contributed by atoms with van der Waals surface area (Å²) < 4.78 is 0. The van der Waals surface area contributed by atoms with Gasteiger partial charge in [-0.1, -0.05) is 18.2 Å². The van der Waals surface area contributed by atoms with Crippen LogP contribution < -0.4 is 14.7 Å². The van der Waals surface area contributed by atoms with Gasteiger partial charge in [0.25, 0.3) is 0 Å². The molecule has 29 heavy (non-hydrogen) atoms. The molecule has 0 spiro atoms. The quantitative estimate of drug-likeness (QED) is 0.846. The number of hydrogen-bond acceptors (Lipinski definition) is 7. The van der Waals surface area contributed by atoms with Crippen molar-refractivity contribution in [2.75, 3.05) is 55.5 Å². The minimum Gasteiger partial charge on any atom is -0.391 e. The molecule has 1 aromatic heterocycles. The van der Waals surface area contributed by atoms with Crippen molar-refractivity contribution in [2.45, 2.75) is 38.1 Å². The van der Waals surface area contributed by atoms with Crippen LogP contribution in [0.1, 0.15) is 18.9 Å². The summed E-state index contributed by atoms with van der Waals surface area (Å²) in [6.07, 6.45) is 2.13. The second-order valence-electron chi connectivity index (χ2n) is 8.68. The Kier molecular flexibility index (Phi) is 5.61. The summed E-state index contributed by atoms with van der Waals surface area (Å²) in [6, 6.07) is 11.3. The molecule has 1 aromatic carbocycles. The number of aliphatic hydroxyl groups is 1. The third-order valence-corrected chi connectivity index (χ3v) is 6.01. The molecule has 156 valence electrons. The van der Waals surface area contributed by atoms with Gasteiger partial charge in [-0.3, -0.25) is 0 Å². The highest BCUT2D eigenvalue weighted by Crippen LogP contribution is 2.31. The molecule has 0 bridgehead atoms. The molecule has 4 rings (SSSR count). The molecule has 2 aromatic rings. The van der Waals surface area contributed by atoms with E-state index in [-0.39, 0.29) is 12.1 Å². The van der Waals surface area contributed by atoms with Crippen LogP contribution >= 0.6 is 0 Å². The lowest BCUT2D eigenvalue weighted by molar-refractivity contribution is 0.191. The van der Waals surface area contributed by atoms with Crippen molar-refractivity contribution in [2.24, 2.45) is 0 Å². The van der Waals surface area contributed by atoms with Gasteiger partial charge in [0.1, 0.15) is 18.0 Å². The van der Waals surface area contributed by atoms with E-state index in [0.717, 1.165) is 37.7 Å². The van der Waals surface area contributed by atoms with Crippen LogP contribution in [0, 0.1) is 0 Å². The number of nitrogens with zero attached hydrogens (tertiary/aromatic N) is 6. The van der Waals surface area contributed by atoms with Gasteiger partial charge in [-0.25, -0.2) is 9.97 Å². The maximum absolute atomic E-state index is 10.3. The Hall–Kier alpha value is -2.38. The Bertz CT molecular complexity index is 844. The van der Waals surface area contributed by atoms with Crippen molar-refractivity contribution in [1.82, 2.24) is 14.9 Å². The number of β-amino-alcohol motifs (C(OH)–C–C–N with tert-alkyl or cyclic N) is 1. The molecule has 0 unspecified atom stereocenters. The van der Waals surface area contributed by atoms with E-state index in [0.29, 0.717) is 12.6 Å². The van der Waals surface area contributed by atoms with E-state index in [1.165, 1.54) is 11.3 Å². The minimum atomic E-state index is -0.309. The van der Waals surface area contributed by atoms with Crippen LogP contribution in [0.25, 0.3) is 0 Å².